The number of aromatic nitrogens is 3. The van der Waals surface area contributed by atoms with E-state index < -0.39 is 0 Å². The predicted molar refractivity (Wildman–Crippen MR) is 215 cm³/mol. The van der Waals surface area contributed by atoms with Gasteiger partial charge in [-0.3, -0.25) is 4.98 Å². The Bertz CT molecular complexity index is 3090. The molecule has 53 heavy (non-hydrogen) atoms. The maximum absolute atomic E-state index is 5.18. The van der Waals surface area contributed by atoms with Crippen LogP contribution in [0.2, 0.25) is 0 Å². The molecule has 0 N–H and O–H groups in total. The number of nitrogens with zero attached hydrogens (tertiary/aromatic N) is 5. The fraction of sp³-hybridized carbons (Fsp3) is 0.0638. The summed E-state index contributed by atoms with van der Waals surface area (Å²) in [4.78, 5) is 9.77. The molecule has 0 saturated heterocycles. The van der Waals surface area contributed by atoms with Gasteiger partial charge in [0.05, 0.1) is 16.7 Å². The molecule has 3 aromatic heterocycles. The molecule has 0 aliphatic carbocycles. The van der Waals surface area contributed by atoms with Gasteiger partial charge in [-0.05, 0) is 84.8 Å². The monoisotopic (exact) mass is 861 g/mol. The number of anilines is 4. The van der Waals surface area contributed by atoms with Crippen molar-refractivity contribution in [3.05, 3.63) is 169 Å². The molecule has 0 amide bonds. The van der Waals surface area contributed by atoms with E-state index in [9.17, 15) is 0 Å². The normalized spacial score (nSPS) is 12.9. The Hall–Kier alpha value is -5.90. The van der Waals surface area contributed by atoms with Crippen LogP contribution in [-0.2, 0) is 21.1 Å². The molecule has 11 rings (SSSR count). The number of aryl methyl sites for hydroxylation is 3. The molecule has 0 fully saturated rings. The van der Waals surface area contributed by atoms with Crippen molar-refractivity contribution in [1.29, 1.82) is 0 Å². The zero-order valence-corrected chi connectivity index (χ0v) is 31.6. The average molecular weight is 862 g/mol. The van der Waals surface area contributed by atoms with E-state index >= 15 is 0 Å². The maximum Gasteiger partial charge on any atom is 0.0774 e. The van der Waals surface area contributed by atoms with Crippen LogP contribution < -0.4 is 9.80 Å². The van der Waals surface area contributed by atoms with Crippen LogP contribution in [0, 0.1) is 39.6 Å². The molecule has 0 unspecified atom stereocenters. The first kappa shape index (κ1) is 31.8. The zero-order chi connectivity index (χ0) is 34.7. The number of imidazole rings is 1. The molecule has 0 radical (unpaired) electrons. The van der Waals surface area contributed by atoms with Crippen LogP contribution in [0.5, 0.6) is 0 Å². The third-order valence-electron chi connectivity index (χ3n) is 10.7. The van der Waals surface area contributed by atoms with Crippen LogP contribution in [0.3, 0.4) is 0 Å². The van der Waals surface area contributed by atoms with Crippen molar-refractivity contribution in [3.8, 4) is 5.69 Å². The zero-order valence-electron chi connectivity index (χ0n) is 29.3. The molecule has 1 aliphatic rings. The summed E-state index contributed by atoms with van der Waals surface area (Å²) in [5.74, 6) is 0. The van der Waals surface area contributed by atoms with Crippen LogP contribution in [0.15, 0.2) is 133 Å². The molecule has 0 spiro atoms. The van der Waals surface area contributed by atoms with Gasteiger partial charge in [0.15, 0.2) is 0 Å². The second-order valence-corrected chi connectivity index (χ2v) is 14.0. The van der Waals surface area contributed by atoms with Crippen LogP contribution in [0.25, 0.3) is 65.8 Å². The van der Waals surface area contributed by atoms with Crippen molar-refractivity contribution in [3.63, 3.8) is 0 Å². The quantitative estimate of drug-likeness (QED) is 0.131. The molecule has 258 valence electrons. The number of rotatable bonds is 3. The van der Waals surface area contributed by atoms with Crippen molar-refractivity contribution in [1.82, 2.24) is 14.0 Å². The summed E-state index contributed by atoms with van der Waals surface area (Å²) in [6, 6.07) is 55.4. The summed E-state index contributed by atoms with van der Waals surface area (Å²) < 4.78 is 4.60. The number of para-hydroxylation sites is 6. The first-order chi connectivity index (χ1) is 25.5. The predicted octanol–water partition coefficient (Wildman–Crippen LogP) is 11.8. The minimum absolute atomic E-state index is 0. The van der Waals surface area contributed by atoms with Crippen molar-refractivity contribution < 1.29 is 21.1 Å². The van der Waals surface area contributed by atoms with Gasteiger partial charge in [0.1, 0.15) is 0 Å². The molecule has 0 atom stereocenters. The van der Waals surface area contributed by atoms with Crippen molar-refractivity contribution in [2.24, 2.45) is 0 Å². The van der Waals surface area contributed by atoms with Gasteiger partial charge in [-0.2, -0.15) is 6.07 Å². The first-order valence-corrected chi connectivity index (χ1v) is 17.7. The van der Waals surface area contributed by atoms with Crippen LogP contribution in [-0.4, -0.2) is 14.0 Å². The standard InChI is InChI=1S/C47H32N5.Pt/c1-29-24-30(2)46(31(3)25-29)50-28-49(43-18-10-11-19-44(43)50)32-20-23-37-36-13-5-7-15-40(36)51(45(37)27-32)33-21-22-34-35-12-4-8-16-41(35)52-42-17-9-6-14-39(42)48-47(52)38(34)26-33;/h4-25,28H,1-3H3;/q-3;. The fourth-order valence-electron chi connectivity index (χ4n) is 8.65. The van der Waals surface area contributed by atoms with Crippen molar-refractivity contribution >= 4 is 82.9 Å². The van der Waals surface area contributed by atoms with Gasteiger partial charge in [0.2, 0.25) is 0 Å². The SMILES string of the molecule is Cc1cc(C)c(N2[CH-]N(c3[c-]c4c(cc3)c3ccccc3n4-c3[c-]c4c(cc3)c3ccccc3n3c5ccccc5nc43)c3ccccc32)c(C)c1.[Pt]. The molecule has 5 nitrogen and oxygen atoms in total. The molecule has 6 heteroatoms. The van der Waals surface area contributed by atoms with E-state index in [2.05, 4.69) is 192 Å². The smallest absolute Gasteiger partial charge is 0.0774 e. The van der Waals surface area contributed by atoms with Gasteiger partial charge in [-0.25, -0.2) is 0 Å². The van der Waals surface area contributed by atoms with E-state index in [1.54, 1.807) is 0 Å². The third kappa shape index (κ3) is 4.57. The minimum Gasteiger partial charge on any atom is -0.493 e. The summed E-state index contributed by atoms with van der Waals surface area (Å²) in [7, 11) is 0. The number of fused-ring (bicyclic) bond motifs is 12. The Morgan fingerprint density at radius 3 is 1.92 bits per heavy atom. The van der Waals surface area contributed by atoms with E-state index in [1.165, 1.54) is 33.2 Å². The Kier molecular flexibility index (Phi) is 7.09. The van der Waals surface area contributed by atoms with Crippen LogP contribution in [0.1, 0.15) is 16.7 Å². The summed E-state index contributed by atoms with van der Waals surface area (Å²) in [5, 5.41) is 5.65. The van der Waals surface area contributed by atoms with Gasteiger partial charge in [-0.1, -0.05) is 94.6 Å². The molecule has 7 aromatic carbocycles. The van der Waals surface area contributed by atoms with E-state index in [1.807, 2.05) is 0 Å². The average Bonchev–Trinajstić information content (AvgIpc) is 3.85. The van der Waals surface area contributed by atoms with Crippen molar-refractivity contribution in [2.75, 3.05) is 9.80 Å². The van der Waals surface area contributed by atoms with Crippen molar-refractivity contribution in [2.45, 2.75) is 20.8 Å². The molecule has 4 heterocycles. The first-order valence-electron chi connectivity index (χ1n) is 17.7. The topological polar surface area (TPSA) is 28.7 Å². The van der Waals surface area contributed by atoms with E-state index in [-0.39, 0.29) is 21.1 Å². The van der Waals surface area contributed by atoms with E-state index in [0.717, 1.165) is 72.1 Å². The maximum atomic E-state index is 5.18. The summed E-state index contributed by atoms with van der Waals surface area (Å²) >= 11 is 0. The van der Waals surface area contributed by atoms with Gasteiger partial charge < -0.3 is 18.8 Å². The number of hydrogen-bond donors (Lipinski definition) is 0. The minimum atomic E-state index is 0. The largest absolute Gasteiger partial charge is 0.493 e. The Morgan fingerprint density at radius 1 is 0.547 bits per heavy atom. The molecule has 10 aromatic rings. The second-order valence-electron chi connectivity index (χ2n) is 14.0. The Morgan fingerprint density at radius 2 is 1.15 bits per heavy atom. The number of benzene rings is 7. The Labute approximate surface area is 321 Å². The molecule has 0 saturated carbocycles. The Balaban J connectivity index is 0.00000349. The third-order valence-corrected chi connectivity index (χ3v) is 10.7. The molecule has 0 bridgehead atoms. The van der Waals surface area contributed by atoms with Crippen LogP contribution in [0.4, 0.5) is 22.7 Å². The number of pyridine rings is 1. The fourth-order valence-corrected chi connectivity index (χ4v) is 8.65. The van der Waals surface area contributed by atoms with Gasteiger partial charge in [-0.15, -0.1) is 48.1 Å². The van der Waals surface area contributed by atoms with Gasteiger partial charge in [0.25, 0.3) is 0 Å². The molecular formula is C47H32N5Pt-3. The van der Waals surface area contributed by atoms with E-state index in [4.69, 9.17) is 4.98 Å². The number of hydrogen-bond acceptors (Lipinski definition) is 3. The van der Waals surface area contributed by atoms with Crippen LogP contribution >= 0.6 is 0 Å². The summed E-state index contributed by atoms with van der Waals surface area (Å²) in [5.41, 5.74) is 15.4. The summed E-state index contributed by atoms with van der Waals surface area (Å²) in [6.45, 7) is 8.78. The summed E-state index contributed by atoms with van der Waals surface area (Å²) in [6.07, 6.45) is 0. The van der Waals surface area contributed by atoms with E-state index in [0.29, 0.717) is 0 Å². The molecule has 1 aliphatic heterocycles. The second kappa shape index (κ2) is 11.8. The van der Waals surface area contributed by atoms with Gasteiger partial charge >= 0.3 is 0 Å². The molecular weight excluding hydrogens is 830 g/mol. The van der Waals surface area contributed by atoms with Gasteiger partial charge in [0, 0.05) is 49.2 Å².